The Balaban J connectivity index is 1.66. The molecule has 3 aromatic rings. The molecule has 3 heterocycles. The van der Waals surface area contributed by atoms with Gasteiger partial charge in [0.05, 0.1) is 11.6 Å². The zero-order chi connectivity index (χ0) is 21.5. The van der Waals surface area contributed by atoms with Crippen LogP contribution in [0.5, 0.6) is 0 Å². The summed E-state index contributed by atoms with van der Waals surface area (Å²) in [4.78, 5) is 21.2. The standard InChI is InChI=1S/C23H31N7O/c1-15-12-16(2)20-17(13-15)14-19(23(31)24-20)21(29-10-8-28(3)9-11-29)22-25-26-27-30(22)18-6-4-5-7-18/h12-14,18,21H,4-11H2,1-3H3,(H,24,31)/t21-/m1/s1. The molecule has 0 radical (unpaired) electrons. The highest BCUT2D eigenvalue weighted by Gasteiger charge is 2.34. The van der Waals surface area contributed by atoms with Gasteiger partial charge >= 0.3 is 0 Å². The van der Waals surface area contributed by atoms with E-state index in [1.54, 1.807) is 0 Å². The number of hydrogen-bond donors (Lipinski definition) is 1. The number of piperazine rings is 1. The van der Waals surface area contributed by atoms with Crippen LogP contribution in [0.2, 0.25) is 0 Å². The molecule has 2 aromatic heterocycles. The van der Waals surface area contributed by atoms with Crippen LogP contribution in [0.3, 0.4) is 0 Å². The molecule has 1 saturated heterocycles. The lowest BCUT2D eigenvalue weighted by Crippen LogP contribution is -2.47. The number of benzene rings is 1. The predicted molar refractivity (Wildman–Crippen MR) is 120 cm³/mol. The lowest BCUT2D eigenvalue weighted by Gasteiger charge is -2.37. The third kappa shape index (κ3) is 3.78. The molecule has 1 aliphatic carbocycles. The fourth-order valence-electron chi connectivity index (χ4n) is 5.28. The van der Waals surface area contributed by atoms with E-state index in [-0.39, 0.29) is 11.6 Å². The smallest absolute Gasteiger partial charge is 0.253 e. The van der Waals surface area contributed by atoms with Crippen molar-refractivity contribution >= 4 is 10.9 Å². The van der Waals surface area contributed by atoms with Crippen LogP contribution in [0.15, 0.2) is 23.0 Å². The minimum absolute atomic E-state index is 0.0515. The van der Waals surface area contributed by atoms with Crippen molar-refractivity contribution in [2.45, 2.75) is 51.6 Å². The summed E-state index contributed by atoms with van der Waals surface area (Å²) < 4.78 is 2.00. The van der Waals surface area contributed by atoms with Crippen molar-refractivity contribution in [3.8, 4) is 0 Å². The SMILES string of the molecule is Cc1cc(C)c2[nH]c(=O)c([C@H](c3nnnn3C3CCCC3)N3CCN(C)CC3)cc2c1. The second kappa shape index (κ2) is 8.16. The fraction of sp³-hybridized carbons (Fsp3) is 0.565. The Morgan fingerprint density at radius 1 is 1.06 bits per heavy atom. The molecule has 0 amide bonds. The topological polar surface area (TPSA) is 82.9 Å². The molecule has 8 nitrogen and oxygen atoms in total. The van der Waals surface area contributed by atoms with Crippen LogP contribution < -0.4 is 5.56 Å². The Hall–Kier alpha value is -2.58. The lowest BCUT2D eigenvalue weighted by molar-refractivity contribution is 0.120. The minimum Gasteiger partial charge on any atom is -0.321 e. The van der Waals surface area contributed by atoms with Crippen molar-refractivity contribution < 1.29 is 0 Å². The van der Waals surface area contributed by atoms with E-state index in [4.69, 9.17) is 0 Å². The summed E-state index contributed by atoms with van der Waals surface area (Å²) in [5.41, 5.74) is 3.87. The van der Waals surface area contributed by atoms with Crippen molar-refractivity contribution in [1.29, 1.82) is 0 Å². The summed E-state index contributed by atoms with van der Waals surface area (Å²) in [6, 6.07) is 6.38. The second-order valence-electron chi connectivity index (χ2n) is 9.26. The summed E-state index contributed by atoms with van der Waals surface area (Å²) in [5.74, 6) is 0.797. The quantitative estimate of drug-likeness (QED) is 0.697. The molecule has 164 valence electrons. The number of pyridine rings is 1. The number of aromatic nitrogens is 5. The van der Waals surface area contributed by atoms with Crippen LogP contribution in [-0.4, -0.2) is 68.2 Å². The molecule has 1 N–H and O–H groups in total. The van der Waals surface area contributed by atoms with Gasteiger partial charge in [-0.25, -0.2) is 4.68 Å². The number of hydrogen-bond acceptors (Lipinski definition) is 6. The van der Waals surface area contributed by atoms with Crippen LogP contribution in [0.25, 0.3) is 10.9 Å². The first kappa shape index (κ1) is 20.3. The van der Waals surface area contributed by atoms with Crippen LogP contribution in [0.4, 0.5) is 0 Å². The Kier molecular flexibility index (Phi) is 5.35. The molecule has 1 saturated carbocycles. The van der Waals surface area contributed by atoms with Gasteiger partial charge in [-0.05, 0) is 67.2 Å². The summed E-state index contributed by atoms with van der Waals surface area (Å²) in [6.45, 7) is 7.82. The van der Waals surface area contributed by atoms with E-state index in [9.17, 15) is 4.79 Å². The monoisotopic (exact) mass is 421 g/mol. The molecule has 0 spiro atoms. The molecule has 1 aromatic carbocycles. The zero-order valence-electron chi connectivity index (χ0n) is 18.6. The van der Waals surface area contributed by atoms with Gasteiger partial charge in [0.1, 0.15) is 6.04 Å². The van der Waals surface area contributed by atoms with E-state index in [0.29, 0.717) is 6.04 Å². The molecule has 1 aliphatic heterocycles. The van der Waals surface area contributed by atoms with E-state index in [1.807, 2.05) is 11.6 Å². The first-order valence-electron chi connectivity index (χ1n) is 11.4. The number of fused-ring (bicyclic) bond motifs is 1. The van der Waals surface area contributed by atoms with Gasteiger partial charge in [-0.15, -0.1) is 5.10 Å². The maximum atomic E-state index is 13.4. The molecule has 8 heteroatoms. The highest BCUT2D eigenvalue weighted by molar-refractivity contribution is 5.83. The molecule has 5 rings (SSSR count). The third-order valence-corrected chi connectivity index (χ3v) is 6.95. The number of likely N-dealkylation sites (N-methyl/N-ethyl adjacent to an activating group) is 1. The highest BCUT2D eigenvalue weighted by atomic mass is 16.1. The largest absolute Gasteiger partial charge is 0.321 e. The predicted octanol–water partition coefficient (Wildman–Crippen LogP) is 2.58. The summed E-state index contributed by atoms with van der Waals surface area (Å²) >= 11 is 0. The molecule has 31 heavy (non-hydrogen) atoms. The van der Waals surface area contributed by atoms with Crippen molar-refractivity contribution in [1.82, 2.24) is 35.0 Å². The Morgan fingerprint density at radius 2 is 1.81 bits per heavy atom. The number of rotatable bonds is 4. The number of tetrazole rings is 1. The van der Waals surface area contributed by atoms with Gasteiger partial charge in [0.15, 0.2) is 5.82 Å². The summed E-state index contributed by atoms with van der Waals surface area (Å²) in [7, 11) is 2.14. The van der Waals surface area contributed by atoms with Crippen LogP contribution in [-0.2, 0) is 0 Å². The maximum Gasteiger partial charge on any atom is 0.253 e. The maximum absolute atomic E-state index is 13.4. The lowest BCUT2D eigenvalue weighted by atomic mass is 10.00. The van der Waals surface area contributed by atoms with Crippen molar-refractivity contribution in [2.75, 3.05) is 33.2 Å². The molecule has 0 unspecified atom stereocenters. The van der Waals surface area contributed by atoms with Gasteiger partial charge in [-0.3, -0.25) is 9.69 Å². The number of H-pyrrole nitrogens is 1. The van der Waals surface area contributed by atoms with Gasteiger partial charge in [-0.2, -0.15) is 0 Å². The highest BCUT2D eigenvalue weighted by Crippen LogP contribution is 2.34. The number of aromatic amines is 1. The first-order valence-corrected chi connectivity index (χ1v) is 11.4. The van der Waals surface area contributed by atoms with Crippen molar-refractivity contribution in [2.24, 2.45) is 0 Å². The van der Waals surface area contributed by atoms with Crippen LogP contribution in [0, 0.1) is 13.8 Å². The summed E-state index contributed by atoms with van der Waals surface area (Å²) in [6.07, 6.45) is 4.61. The fourth-order valence-corrected chi connectivity index (χ4v) is 5.28. The van der Waals surface area contributed by atoms with E-state index in [1.165, 1.54) is 18.4 Å². The summed E-state index contributed by atoms with van der Waals surface area (Å²) in [5, 5.41) is 14.0. The molecule has 0 bridgehead atoms. The Labute approximate surface area is 182 Å². The van der Waals surface area contributed by atoms with Gasteiger partial charge in [0.2, 0.25) is 0 Å². The van der Waals surface area contributed by atoms with Crippen molar-refractivity contribution in [3.63, 3.8) is 0 Å². The molecular formula is C23H31N7O. The Morgan fingerprint density at radius 3 is 2.55 bits per heavy atom. The van der Waals surface area contributed by atoms with Gasteiger partial charge < -0.3 is 9.88 Å². The van der Waals surface area contributed by atoms with E-state index < -0.39 is 0 Å². The van der Waals surface area contributed by atoms with Gasteiger partial charge in [0, 0.05) is 31.7 Å². The van der Waals surface area contributed by atoms with E-state index in [0.717, 1.165) is 66.9 Å². The van der Waals surface area contributed by atoms with Gasteiger partial charge in [0.25, 0.3) is 5.56 Å². The van der Waals surface area contributed by atoms with Crippen molar-refractivity contribution in [3.05, 3.63) is 51.1 Å². The normalized spacial score (nSPS) is 20.0. The minimum atomic E-state index is -0.252. The van der Waals surface area contributed by atoms with Crippen LogP contribution >= 0.6 is 0 Å². The van der Waals surface area contributed by atoms with Crippen LogP contribution in [0.1, 0.15) is 60.3 Å². The molecular weight excluding hydrogens is 390 g/mol. The van der Waals surface area contributed by atoms with E-state index in [2.05, 4.69) is 62.5 Å². The van der Waals surface area contributed by atoms with Gasteiger partial charge in [-0.1, -0.05) is 24.5 Å². The average Bonchev–Trinajstić information content (AvgIpc) is 3.42. The molecule has 2 aliphatic rings. The first-order chi connectivity index (χ1) is 15.0. The number of nitrogens with one attached hydrogen (secondary N) is 1. The van der Waals surface area contributed by atoms with E-state index >= 15 is 0 Å². The third-order valence-electron chi connectivity index (χ3n) is 6.95. The zero-order valence-corrected chi connectivity index (χ0v) is 18.6. The second-order valence-corrected chi connectivity index (χ2v) is 9.26. The molecule has 2 fully saturated rings. The average molecular weight is 422 g/mol. The number of nitrogens with zero attached hydrogens (tertiary/aromatic N) is 6. The number of aryl methyl sites for hydroxylation is 2. The Bertz CT molecular complexity index is 1140. The molecule has 1 atom stereocenters.